The fourth-order valence-corrected chi connectivity index (χ4v) is 0.762. The van der Waals surface area contributed by atoms with Crippen LogP contribution in [0.5, 0.6) is 0 Å². The van der Waals surface area contributed by atoms with Gasteiger partial charge in [-0.2, -0.15) is 5.21 Å². The smallest absolute Gasteiger partial charge is 0.271 e. The van der Waals surface area contributed by atoms with Crippen LogP contribution in [0.25, 0.3) is 0 Å². The van der Waals surface area contributed by atoms with Crippen LogP contribution in [0.15, 0.2) is 12.4 Å². The lowest BCUT2D eigenvalue weighted by atomic mass is 10.8. The van der Waals surface area contributed by atoms with Gasteiger partial charge in [0.05, 0.1) is 6.67 Å². The SMILES string of the molecule is C1=CN(c2nn[nH]n2)CN1.Cl. The van der Waals surface area contributed by atoms with E-state index in [1.807, 2.05) is 17.3 Å². The maximum absolute atomic E-state index is 3.79. The third-order valence-corrected chi connectivity index (χ3v) is 1.23. The summed E-state index contributed by atoms with van der Waals surface area (Å²) < 4.78 is 0. The Balaban J connectivity index is 0.000000605. The van der Waals surface area contributed by atoms with Crippen LogP contribution in [0.1, 0.15) is 0 Å². The zero-order valence-electron chi connectivity index (χ0n) is 5.56. The van der Waals surface area contributed by atoms with Gasteiger partial charge in [0.15, 0.2) is 0 Å². The molecule has 0 atom stereocenters. The van der Waals surface area contributed by atoms with Gasteiger partial charge in [0, 0.05) is 12.4 Å². The highest BCUT2D eigenvalue weighted by Crippen LogP contribution is 2.04. The van der Waals surface area contributed by atoms with E-state index in [4.69, 9.17) is 0 Å². The number of tetrazole rings is 1. The highest BCUT2D eigenvalue weighted by atomic mass is 35.5. The second kappa shape index (κ2) is 3.20. The van der Waals surface area contributed by atoms with Crippen LogP contribution in [-0.2, 0) is 0 Å². The molecule has 2 N–H and O–H groups in total. The van der Waals surface area contributed by atoms with Crippen molar-refractivity contribution >= 4 is 18.4 Å². The Bertz CT molecular complexity index is 231. The minimum Gasteiger partial charge on any atom is -0.372 e. The summed E-state index contributed by atoms with van der Waals surface area (Å²) in [5, 5.41) is 16.4. The molecule has 1 aromatic rings. The van der Waals surface area contributed by atoms with E-state index in [9.17, 15) is 0 Å². The second-order valence-electron chi connectivity index (χ2n) is 1.86. The summed E-state index contributed by atoms with van der Waals surface area (Å²) in [6, 6.07) is 0. The minimum absolute atomic E-state index is 0. The van der Waals surface area contributed by atoms with E-state index in [1.54, 1.807) is 0 Å². The Kier molecular flexibility index (Phi) is 2.27. The molecule has 2 rings (SSSR count). The molecule has 0 spiro atoms. The molecule has 0 radical (unpaired) electrons. The number of anilines is 1. The number of rotatable bonds is 1. The molecule has 1 aliphatic rings. The van der Waals surface area contributed by atoms with Crippen LogP contribution < -0.4 is 10.2 Å². The van der Waals surface area contributed by atoms with Gasteiger partial charge >= 0.3 is 0 Å². The molecule has 6 nitrogen and oxygen atoms in total. The highest BCUT2D eigenvalue weighted by molar-refractivity contribution is 5.85. The molecular formula is C4H7ClN6. The fraction of sp³-hybridized carbons (Fsp3) is 0.250. The van der Waals surface area contributed by atoms with Crippen LogP contribution in [0, 0.1) is 0 Å². The third-order valence-electron chi connectivity index (χ3n) is 1.23. The molecule has 1 aromatic heterocycles. The number of H-pyrrole nitrogens is 1. The van der Waals surface area contributed by atoms with Gasteiger partial charge in [-0.1, -0.05) is 5.10 Å². The summed E-state index contributed by atoms with van der Waals surface area (Å²) in [5.41, 5.74) is 0. The van der Waals surface area contributed by atoms with Crippen LogP contribution in [0.4, 0.5) is 5.95 Å². The first-order chi connectivity index (χ1) is 4.97. The van der Waals surface area contributed by atoms with Gasteiger partial charge in [-0.3, -0.25) is 4.90 Å². The van der Waals surface area contributed by atoms with E-state index < -0.39 is 0 Å². The summed E-state index contributed by atoms with van der Waals surface area (Å²) in [6.45, 7) is 0.708. The van der Waals surface area contributed by atoms with Crippen molar-refractivity contribution in [3.05, 3.63) is 12.4 Å². The summed E-state index contributed by atoms with van der Waals surface area (Å²) in [7, 11) is 0. The maximum atomic E-state index is 3.79. The number of nitrogens with zero attached hydrogens (tertiary/aromatic N) is 4. The Labute approximate surface area is 69.1 Å². The zero-order valence-corrected chi connectivity index (χ0v) is 6.38. The Morgan fingerprint density at radius 3 is 3.00 bits per heavy atom. The van der Waals surface area contributed by atoms with E-state index in [-0.39, 0.29) is 12.4 Å². The lowest BCUT2D eigenvalue weighted by Gasteiger charge is -2.06. The van der Waals surface area contributed by atoms with Crippen molar-refractivity contribution in [2.75, 3.05) is 11.6 Å². The minimum atomic E-state index is 0. The van der Waals surface area contributed by atoms with Crippen LogP contribution in [-0.4, -0.2) is 27.3 Å². The summed E-state index contributed by atoms with van der Waals surface area (Å²) in [4.78, 5) is 1.84. The molecule has 0 fully saturated rings. The zero-order chi connectivity index (χ0) is 6.81. The van der Waals surface area contributed by atoms with Crippen molar-refractivity contribution in [2.45, 2.75) is 0 Å². The van der Waals surface area contributed by atoms with Gasteiger partial charge in [-0.25, -0.2) is 0 Å². The normalized spacial score (nSPS) is 14.4. The first-order valence-electron chi connectivity index (χ1n) is 2.87. The van der Waals surface area contributed by atoms with E-state index >= 15 is 0 Å². The molecule has 1 aliphatic heterocycles. The summed E-state index contributed by atoms with van der Waals surface area (Å²) in [5.74, 6) is 0.584. The summed E-state index contributed by atoms with van der Waals surface area (Å²) in [6.07, 6.45) is 3.68. The number of aromatic amines is 1. The Hall–Kier alpha value is -1.30. The first-order valence-corrected chi connectivity index (χ1v) is 2.87. The van der Waals surface area contributed by atoms with E-state index in [0.29, 0.717) is 12.6 Å². The molecule has 0 aliphatic carbocycles. The van der Waals surface area contributed by atoms with Gasteiger partial charge in [0.1, 0.15) is 0 Å². The van der Waals surface area contributed by atoms with Gasteiger partial charge in [0.2, 0.25) is 0 Å². The quantitative estimate of drug-likeness (QED) is 0.599. The lowest BCUT2D eigenvalue weighted by Crippen LogP contribution is -2.20. The number of aromatic nitrogens is 4. The maximum Gasteiger partial charge on any atom is 0.271 e. The van der Waals surface area contributed by atoms with Gasteiger partial charge < -0.3 is 5.32 Å². The standard InChI is InChI=1S/C4H6N6.ClH/c1-2-10(3-5-1)4-6-8-9-7-4;/h1-2,5H,3H2,(H,6,7,8,9);1H. The molecule has 11 heavy (non-hydrogen) atoms. The largest absolute Gasteiger partial charge is 0.372 e. The van der Waals surface area contributed by atoms with Crippen molar-refractivity contribution in [2.24, 2.45) is 0 Å². The van der Waals surface area contributed by atoms with Crippen molar-refractivity contribution in [1.82, 2.24) is 25.9 Å². The monoisotopic (exact) mass is 174 g/mol. The average molecular weight is 175 g/mol. The molecule has 0 unspecified atom stereocenters. The molecule has 0 saturated carbocycles. The molecule has 60 valence electrons. The van der Waals surface area contributed by atoms with Gasteiger partial charge in [0.25, 0.3) is 5.95 Å². The molecule has 2 heterocycles. The lowest BCUT2D eigenvalue weighted by molar-refractivity contribution is 0.869. The number of hydrogen-bond donors (Lipinski definition) is 2. The number of hydrogen-bond acceptors (Lipinski definition) is 5. The van der Waals surface area contributed by atoms with Crippen molar-refractivity contribution < 1.29 is 0 Å². The topological polar surface area (TPSA) is 69.7 Å². The van der Waals surface area contributed by atoms with Crippen molar-refractivity contribution in [3.63, 3.8) is 0 Å². The van der Waals surface area contributed by atoms with Gasteiger partial charge in [-0.15, -0.1) is 17.5 Å². The van der Waals surface area contributed by atoms with E-state index in [2.05, 4.69) is 25.9 Å². The van der Waals surface area contributed by atoms with Crippen LogP contribution in [0.2, 0.25) is 0 Å². The first kappa shape index (κ1) is 7.80. The van der Waals surface area contributed by atoms with Gasteiger partial charge in [-0.05, 0) is 5.21 Å². The predicted octanol–water partition coefficient (Wildman–Crippen LogP) is -0.540. The van der Waals surface area contributed by atoms with Crippen molar-refractivity contribution in [1.29, 1.82) is 0 Å². The predicted molar refractivity (Wildman–Crippen MR) is 41.0 cm³/mol. The van der Waals surface area contributed by atoms with Crippen LogP contribution >= 0.6 is 12.4 Å². The second-order valence-corrected chi connectivity index (χ2v) is 1.86. The van der Waals surface area contributed by atoms with E-state index in [0.717, 1.165) is 0 Å². The highest BCUT2D eigenvalue weighted by Gasteiger charge is 2.09. The fourth-order valence-electron chi connectivity index (χ4n) is 0.762. The van der Waals surface area contributed by atoms with E-state index in [1.165, 1.54) is 0 Å². The Morgan fingerprint density at radius 2 is 2.45 bits per heavy atom. The molecule has 0 aromatic carbocycles. The molecule has 0 bridgehead atoms. The number of nitrogens with one attached hydrogen (secondary N) is 2. The molecule has 7 heteroatoms. The number of halogens is 1. The molecular weight excluding hydrogens is 168 g/mol. The summed E-state index contributed by atoms with van der Waals surface area (Å²) >= 11 is 0. The third kappa shape index (κ3) is 1.40. The molecule has 0 amide bonds. The van der Waals surface area contributed by atoms with Crippen LogP contribution in [0.3, 0.4) is 0 Å². The van der Waals surface area contributed by atoms with Crippen molar-refractivity contribution in [3.8, 4) is 0 Å². The average Bonchev–Trinajstić information content (AvgIpc) is 2.59. The Morgan fingerprint density at radius 1 is 1.55 bits per heavy atom. The molecule has 0 saturated heterocycles.